The standard InChI is InChI=1S/C27H28O8S/c1-18-12-14-21(15-13-18)36(29,30)35-25-23(28)24-22(17-32-26(34-24)20-10-6-3-7-11-20)33-27(25)31-16-19-8-4-2-5-9-19/h2-15,22-28H,16-17H2,1H3. The maximum atomic E-state index is 13.1. The number of fused-ring (bicyclic) bond motifs is 1. The molecule has 0 saturated carbocycles. The Morgan fingerprint density at radius 1 is 0.917 bits per heavy atom. The fraction of sp³-hybridized carbons (Fsp3) is 0.333. The van der Waals surface area contributed by atoms with E-state index in [9.17, 15) is 13.5 Å². The number of hydrogen-bond acceptors (Lipinski definition) is 8. The Bertz CT molecular complexity index is 1230. The molecule has 5 rings (SSSR count). The second-order valence-electron chi connectivity index (χ2n) is 8.83. The predicted octanol–water partition coefficient (Wildman–Crippen LogP) is 3.49. The van der Waals surface area contributed by atoms with E-state index in [1.807, 2.05) is 67.6 Å². The van der Waals surface area contributed by atoms with E-state index in [-0.39, 0.29) is 18.1 Å². The zero-order chi connectivity index (χ0) is 25.1. The van der Waals surface area contributed by atoms with Crippen LogP contribution in [0.3, 0.4) is 0 Å². The number of aliphatic hydroxyl groups excluding tert-OH is 1. The van der Waals surface area contributed by atoms with E-state index in [1.165, 1.54) is 12.1 Å². The molecule has 9 heteroatoms. The van der Waals surface area contributed by atoms with E-state index in [0.717, 1.165) is 16.7 Å². The maximum Gasteiger partial charge on any atom is 0.297 e. The Balaban J connectivity index is 1.39. The number of hydrogen-bond donors (Lipinski definition) is 1. The molecule has 2 fully saturated rings. The van der Waals surface area contributed by atoms with Gasteiger partial charge in [-0.25, -0.2) is 0 Å². The first-order valence-corrected chi connectivity index (χ1v) is 13.1. The molecule has 6 atom stereocenters. The van der Waals surface area contributed by atoms with Crippen LogP contribution in [-0.4, -0.2) is 50.8 Å². The van der Waals surface area contributed by atoms with Gasteiger partial charge in [-0.3, -0.25) is 4.18 Å². The van der Waals surface area contributed by atoms with Gasteiger partial charge in [0.25, 0.3) is 10.1 Å². The molecule has 2 saturated heterocycles. The van der Waals surface area contributed by atoms with Crippen molar-refractivity contribution in [3.05, 3.63) is 102 Å². The first-order chi connectivity index (χ1) is 17.4. The lowest BCUT2D eigenvalue weighted by Gasteiger charge is -2.47. The van der Waals surface area contributed by atoms with Gasteiger partial charge in [0, 0.05) is 5.56 Å². The second kappa shape index (κ2) is 10.8. The van der Waals surface area contributed by atoms with Gasteiger partial charge in [0.1, 0.15) is 18.3 Å². The summed E-state index contributed by atoms with van der Waals surface area (Å²) in [4.78, 5) is -0.0284. The van der Waals surface area contributed by atoms with E-state index < -0.39 is 47.1 Å². The number of ether oxygens (including phenoxy) is 4. The molecule has 2 aliphatic heterocycles. The van der Waals surface area contributed by atoms with Gasteiger partial charge in [0.15, 0.2) is 18.7 Å². The van der Waals surface area contributed by atoms with Crippen LogP contribution in [0.5, 0.6) is 0 Å². The summed E-state index contributed by atoms with van der Waals surface area (Å²) >= 11 is 0. The van der Waals surface area contributed by atoms with Crippen molar-refractivity contribution in [3.63, 3.8) is 0 Å². The second-order valence-corrected chi connectivity index (χ2v) is 10.4. The zero-order valence-corrected chi connectivity index (χ0v) is 20.5. The molecule has 8 nitrogen and oxygen atoms in total. The summed E-state index contributed by atoms with van der Waals surface area (Å²) in [7, 11) is -4.24. The summed E-state index contributed by atoms with van der Waals surface area (Å²) < 4.78 is 55.6. The van der Waals surface area contributed by atoms with Gasteiger partial charge < -0.3 is 24.1 Å². The minimum Gasteiger partial charge on any atom is -0.387 e. The minimum atomic E-state index is -4.24. The molecule has 6 unspecified atom stereocenters. The quantitative estimate of drug-likeness (QED) is 0.481. The zero-order valence-electron chi connectivity index (χ0n) is 19.7. The van der Waals surface area contributed by atoms with E-state index in [2.05, 4.69) is 0 Å². The van der Waals surface area contributed by atoms with Gasteiger partial charge >= 0.3 is 0 Å². The molecule has 0 spiro atoms. The van der Waals surface area contributed by atoms with Crippen molar-refractivity contribution in [1.29, 1.82) is 0 Å². The molecule has 3 aromatic rings. The number of benzene rings is 3. The Kier molecular flexibility index (Phi) is 7.49. The smallest absolute Gasteiger partial charge is 0.297 e. The molecule has 0 aromatic heterocycles. The van der Waals surface area contributed by atoms with Crippen LogP contribution in [0.4, 0.5) is 0 Å². The first kappa shape index (κ1) is 25.0. The maximum absolute atomic E-state index is 13.1. The number of rotatable bonds is 7. The molecule has 0 amide bonds. The van der Waals surface area contributed by atoms with Crippen LogP contribution >= 0.6 is 0 Å². The lowest BCUT2D eigenvalue weighted by Crippen LogP contribution is -2.63. The summed E-state index contributed by atoms with van der Waals surface area (Å²) in [6.07, 6.45) is -6.21. The lowest BCUT2D eigenvalue weighted by atomic mass is 9.98. The van der Waals surface area contributed by atoms with Crippen molar-refractivity contribution in [2.24, 2.45) is 0 Å². The Labute approximate surface area is 210 Å². The highest BCUT2D eigenvalue weighted by molar-refractivity contribution is 7.86. The molecular formula is C27H28O8S. The van der Waals surface area contributed by atoms with Crippen LogP contribution in [0.15, 0.2) is 89.8 Å². The average Bonchev–Trinajstić information content (AvgIpc) is 2.90. The Hall–Kier alpha value is -2.63. The summed E-state index contributed by atoms with van der Waals surface area (Å²) in [5, 5.41) is 11.3. The van der Waals surface area contributed by atoms with Crippen LogP contribution in [0.2, 0.25) is 0 Å². The minimum absolute atomic E-state index is 0.0284. The van der Waals surface area contributed by atoms with Gasteiger partial charge in [-0.15, -0.1) is 0 Å². The molecule has 36 heavy (non-hydrogen) atoms. The third-order valence-corrected chi connectivity index (χ3v) is 7.51. The third-order valence-electron chi connectivity index (χ3n) is 6.19. The van der Waals surface area contributed by atoms with Crippen LogP contribution in [0.25, 0.3) is 0 Å². The largest absolute Gasteiger partial charge is 0.387 e. The molecule has 2 aliphatic rings. The molecule has 2 heterocycles. The molecular weight excluding hydrogens is 484 g/mol. The van der Waals surface area contributed by atoms with Crippen LogP contribution in [0.1, 0.15) is 23.0 Å². The van der Waals surface area contributed by atoms with Gasteiger partial charge in [-0.05, 0) is 24.6 Å². The fourth-order valence-electron chi connectivity index (χ4n) is 4.24. The SMILES string of the molecule is Cc1ccc(S(=O)(=O)OC2C(OCc3ccccc3)OC3COC(c4ccccc4)OC3C2O)cc1. The average molecular weight is 513 g/mol. The van der Waals surface area contributed by atoms with E-state index in [4.69, 9.17) is 23.1 Å². The third kappa shape index (κ3) is 5.52. The monoisotopic (exact) mass is 512 g/mol. The predicted molar refractivity (Wildman–Crippen MR) is 129 cm³/mol. The molecule has 190 valence electrons. The Morgan fingerprint density at radius 2 is 1.58 bits per heavy atom. The molecule has 1 N–H and O–H groups in total. The van der Waals surface area contributed by atoms with Crippen molar-refractivity contribution >= 4 is 10.1 Å². The summed E-state index contributed by atoms with van der Waals surface area (Å²) in [5.41, 5.74) is 2.54. The molecule has 0 bridgehead atoms. The highest BCUT2D eigenvalue weighted by Gasteiger charge is 2.52. The Morgan fingerprint density at radius 3 is 2.28 bits per heavy atom. The summed E-state index contributed by atoms with van der Waals surface area (Å²) in [6, 6.07) is 24.9. The van der Waals surface area contributed by atoms with Gasteiger partial charge in [-0.1, -0.05) is 78.4 Å². The summed E-state index contributed by atoms with van der Waals surface area (Å²) in [5.74, 6) is 0. The summed E-state index contributed by atoms with van der Waals surface area (Å²) in [6.45, 7) is 2.12. The molecule has 0 aliphatic carbocycles. The van der Waals surface area contributed by atoms with E-state index >= 15 is 0 Å². The van der Waals surface area contributed by atoms with Crippen molar-refractivity contribution < 1.29 is 36.7 Å². The normalized spacial score (nSPS) is 28.4. The topological polar surface area (TPSA) is 101 Å². The van der Waals surface area contributed by atoms with Crippen LogP contribution < -0.4 is 0 Å². The lowest BCUT2D eigenvalue weighted by molar-refractivity contribution is -0.359. The fourth-order valence-corrected chi connectivity index (χ4v) is 5.32. The van der Waals surface area contributed by atoms with Crippen molar-refractivity contribution in [3.8, 4) is 0 Å². The van der Waals surface area contributed by atoms with E-state index in [1.54, 1.807) is 12.1 Å². The first-order valence-electron chi connectivity index (χ1n) is 11.7. The van der Waals surface area contributed by atoms with Crippen molar-refractivity contribution in [2.45, 2.75) is 55.4 Å². The molecule has 3 aromatic carbocycles. The highest BCUT2D eigenvalue weighted by atomic mass is 32.2. The van der Waals surface area contributed by atoms with Gasteiger partial charge in [-0.2, -0.15) is 8.42 Å². The highest BCUT2D eigenvalue weighted by Crippen LogP contribution is 2.36. The van der Waals surface area contributed by atoms with Crippen LogP contribution in [0, 0.1) is 6.92 Å². The van der Waals surface area contributed by atoms with Gasteiger partial charge in [0.2, 0.25) is 0 Å². The number of aliphatic hydroxyl groups is 1. The number of aryl methyl sites for hydroxylation is 1. The van der Waals surface area contributed by atoms with Crippen LogP contribution in [-0.2, 0) is 39.9 Å². The van der Waals surface area contributed by atoms with E-state index in [0.29, 0.717) is 0 Å². The van der Waals surface area contributed by atoms with Crippen molar-refractivity contribution in [1.82, 2.24) is 0 Å². The van der Waals surface area contributed by atoms with Gasteiger partial charge in [0.05, 0.1) is 18.1 Å². The molecule has 0 radical (unpaired) electrons. The van der Waals surface area contributed by atoms with Crippen molar-refractivity contribution in [2.75, 3.05) is 6.61 Å².